The van der Waals surface area contributed by atoms with E-state index < -0.39 is 24.6 Å². The molecule has 3 heterocycles. The number of carbonyl (C=O) groups excluding carboxylic acids is 1. The predicted molar refractivity (Wildman–Crippen MR) is 115 cm³/mol. The van der Waals surface area contributed by atoms with Gasteiger partial charge in [-0.3, -0.25) is 4.90 Å². The van der Waals surface area contributed by atoms with Gasteiger partial charge in [0, 0.05) is 43.3 Å². The van der Waals surface area contributed by atoms with Crippen molar-refractivity contribution in [1.29, 1.82) is 0 Å². The summed E-state index contributed by atoms with van der Waals surface area (Å²) in [5.41, 5.74) is 1.41. The van der Waals surface area contributed by atoms with Crippen molar-refractivity contribution in [2.45, 2.75) is 6.18 Å². The molecule has 7 nitrogen and oxygen atoms in total. The summed E-state index contributed by atoms with van der Waals surface area (Å²) in [7, 11) is 0. The molecule has 170 valence electrons. The van der Waals surface area contributed by atoms with Crippen molar-refractivity contribution in [2.24, 2.45) is 0 Å². The number of nitrogens with one attached hydrogen (secondary N) is 3. The van der Waals surface area contributed by atoms with Crippen LogP contribution in [0, 0.1) is 5.82 Å². The molecular formula is C20H19ClF4N6O. The number of anilines is 3. The van der Waals surface area contributed by atoms with E-state index >= 15 is 0 Å². The first-order chi connectivity index (χ1) is 15.2. The van der Waals surface area contributed by atoms with E-state index in [1.807, 2.05) is 0 Å². The summed E-state index contributed by atoms with van der Waals surface area (Å²) in [5, 5.41) is 6.03. The van der Waals surface area contributed by atoms with Gasteiger partial charge in [-0.05, 0) is 24.3 Å². The molecule has 1 aliphatic rings. The van der Waals surface area contributed by atoms with Crippen molar-refractivity contribution >= 4 is 45.7 Å². The summed E-state index contributed by atoms with van der Waals surface area (Å²) in [6, 6.07) is 5.14. The van der Waals surface area contributed by atoms with Gasteiger partial charge in [-0.25, -0.2) is 14.2 Å². The molecule has 2 aromatic heterocycles. The number of rotatable bonds is 4. The number of H-pyrrole nitrogens is 1. The van der Waals surface area contributed by atoms with Gasteiger partial charge in [0.05, 0.1) is 29.1 Å². The Bertz CT molecular complexity index is 1130. The van der Waals surface area contributed by atoms with Gasteiger partial charge in [0.1, 0.15) is 11.6 Å². The lowest BCUT2D eigenvalue weighted by molar-refractivity contribution is -0.146. The Kier molecular flexibility index (Phi) is 6.11. The molecule has 1 aromatic carbocycles. The van der Waals surface area contributed by atoms with Gasteiger partial charge in [-0.15, -0.1) is 0 Å². The number of hydrogen-bond acceptors (Lipinski definition) is 4. The van der Waals surface area contributed by atoms with Crippen LogP contribution in [0.15, 0.2) is 36.7 Å². The Labute approximate surface area is 185 Å². The van der Waals surface area contributed by atoms with E-state index in [1.54, 1.807) is 17.2 Å². The lowest BCUT2D eigenvalue weighted by Gasteiger charge is -2.36. The number of carbonyl (C=O) groups is 1. The van der Waals surface area contributed by atoms with E-state index in [9.17, 15) is 22.4 Å². The van der Waals surface area contributed by atoms with E-state index in [-0.39, 0.29) is 18.1 Å². The van der Waals surface area contributed by atoms with Crippen molar-refractivity contribution < 1.29 is 22.4 Å². The fourth-order valence-corrected chi connectivity index (χ4v) is 3.87. The van der Waals surface area contributed by atoms with Crippen LogP contribution in [-0.2, 0) is 0 Å². The highest BCUT2D eigenvalue weighted by Crippen LogP contribution is 2.28. The molecule has 0 unspecified atom stereocenters. The smallest absolute Gasteiger partial charge is 0.359 e. The second-order valence-electron chi connectivity index (χ2n) is 7.38. The van der Waals surface area contributed by atoms with Crippen LogP contribution >= 0.6 is 11.6 Å². The Morgan fingerprint density at radius 2 is 1.91 bits per heavy atom. The summed E-state index contributed by atoms with van der Waals surface area (Å²) in [6.45, 7) is 0.250. The summed E-state index contributed by atoms with van der Waals surface area (Å²) in [5.74, 6) is 0.0164. The Balaban J connectivity index is 1.37. The highest BCUT2D eigenvalue weighted by atomic mass is 35.5. The molecule has 12 heteroatoms. The number of aromatic amines is 1. The molecule has 1 aliphatic heterocycles. The van der Waals surface area contributed by atoms with Gasteiger partial charge in [0.15, 0.2) is 0 Å². The quantitative estimate of drug-likeness (QED) is 0.484. The zero-order chi connectivity index (χ0) is 22.9. The Morgan fingerprint density at radius 1 is 1.16 bits per heavy atom. The van der Waals surface area contributed by atoms with Crippen LogP contribution < -0.4 is 15.5 Å². The molecule has 0 atom stereocenters. The van der Waals surface area contributed by atoms with Crippen molar-refractivity contribution in [2.75, 3.05) is 48.3 Å². The van der Waals surface area contributed by atoms with Gasteiger partial charge in [0.2, 0.25) is 0 Å². The molecule has 4 rings (SSSR count). The maximum absolute atomic E-state index is 13.5. The Morgan fingerprint density at radius 3 is 2.59 bits per heavy atom. The largest absolute Gasteiger partial charge is 0.401 e. The lowest BCUT2D eigenvalue weighted by Crippen LogP contribution is -2.49. The summed E-state index contributed by atoms with van der Waals surface area (Å²) < 4.78 is 51.1. The van der Waals surface area contributed by atoms with E-state index in [0.717, 1.165) is 0 Å². The van der Waals surface area contributed by atoms with Crippen LogP contribution in [0.4, 0.5) is 39.5 Å². The van der Waals surface area contributed by atoms with E-state index in [0.29, 0.717) is 41.2 Å². The number of alkyl halides is 3. The maximum Gasteiger partial charge on any atom is 0.401 e. The molecule has 32 heavy (non-hydrogen) atoms. The van der Waals surface area contributed by atoms with Crippen LogP contribution in [0.1, 0.15) is 0 Å². The summed E-state index contributed by atoms with van der Waals surface area (Å²) in [4.78, 5) is 22.7. The molecular weight excluding hydrogens is 452 g/mol. The molecule has 1 saturated heterocycles. The minimum Gasteiger partial charge on any atom is -0.359 e. The molecule has 0 saturated carbocycles. The third-order valence-corrected chi connectivity index (χ3v) is 5.32. The van der Waals surface area contributed by atoms with Crippen LogP contribution in [0.2, 0.25) is 5.02 Å². The Hall–Kier alpha value is -3.05. The average Bonchev–Trinajstić information content (AvgIpc) is 3.09. The van der Waals surface area contributed by atoms with Gasteiger partial charge < -0.3 is 20.5 Å². The molecule has 0 radical (unpaired) electrons. The van der Waals surface area contributed by atoms with Crippen molar-refractivity contribution in [3.05, 3.63) is 47.5 Å². The topological polar surface area (TPSA) is 76.3 Å². The van der Waals surface area contributed by atoms with Crippen LogP contribution in [0.25, 0.3) is 10.9 Å². The number of urea groups is 1. The standard InChI is InChI=1S/C20H19ClF4N6O/c21-15-8-13(9-27-18(15)31-5-3-30(4-6-31)11-20(23,24)25)28-19(32)29-17-10-26-16-2-1-12(22)7-14(16)17/h1-2,7-10,26H,3-6,11H2,(H2,28,29,32). The summed E-state index contributed by atoms with van der Waals surface area (Å²) in [6.07, 6.45) is -1.26. The van der Waals surface area contributed by atoms with E-state index in [1.165, 1.54) is 29.3 Å². The molecule has 0 spiro atoms. The maximum atomic E-state index is 13.5. The van der Waals surface area contributed by atoms with E-state index in [4.69, 9.17) is 11.6 Å². The van der Waals surface area contributed by atoms with Crippen LogP contribution in [-0.4, -0.2) is 59.8 Å². The number of halogens is 5. The minimum absolute atomic E-state index is 0.241. The first-order valence-corrected chi connectivity index (χ1v) is 10.1. The molecule has 0 aliphatic carbocycles. The number of piperazine rings is 1. The average molecular weight is 471 g/mol. The highest BCUT2D eigenvalue weighted by Gasteiger charge is 2.32. The fraction of sp³-hybridized carbons (Fsp3) is 0.300. The third-order valence-electron chi connectivity index (χ3n) is 5.05. The number of nitrogens with zero attached hydrogens (tertiary/aromatic N) is 3. The minimum atomic E-state index is -4.23. The number of pyridine rings is 1. The second-order valence-corrected chi connectivity index (χ2v) is 7.79. The molecule has 3 N–H and O–H groups in total. The number of aromatic nitrogens is 2. The number of fused-ring (bicyclic) bond motifs is 1. The molecule has 1 fully saturated rings. The zero-order valence-electron chi connectivity index (χ0n) is 16.6. The van der Waals surface area contributed by atoms with Crippen molar-refractivity contribution in [3.8, 4) is 0 Å². The van der Waals surface area contributed by atoms with Crippen LogP contribution in [0.5, 0.6) is 0 Å². The monoisotopic (exact) mass is 470 g/mol. The third kappa shape index (κ3) is 5.22. The number of amides is 2. The first kappa shape index (κ1) is 22.2. The highest BCUT2D eigenvalue weighted by molar-refractivity contribution is 6.33. The molecule has 0 bridgehead atoms. The van der Waals surface area contributed by atoms with Crippen molar-refractivity contribution in [3.63, 3.8) is 0 Å². The lowest BCUT2D eigenvalue weighted by atomic mass is 10.2. The number of benzene rings is 1. The van der Waals surface area contributed by atoms with Gasteiger partial charge in [-0.2, -0.15) is 13.2 Å². The van der Waals surface area contributed by atoms with E-state index in [2.05, 4.69) is 20.6 Å². The first-order valence-electron chi connectivity index (χ1n) is 9.72. The van der Waals surface area contributed by atoms with Gasteiger partial charge >= 0.3 is 12.2 Å². The van der Waals surface area contributed by atoms with Crippen LogP contribution in [0.3, 0.4) is 0 Å². The zero-order valence-corrected chi connectivity index (χ0v) is 17.4. The fourth-order valence-electron chi connectivity index (χ4n) is 3.58. The predicted octanol–water partition coefficient (Wildman–Crippen LogP) is 4.68. The van der Waals surface area contributed by atoms with Crippen molar-refractivity contribution in [1.82, 2.24) is 14.9 Å². The molecule has 3 aromatic rings. The summed E-state index contributed by atoms with van der Waals surface area (Å²) >= 11 is 6.31. The second kappa shape index (κ2) is 8.83. The SMILES string of the molecule is O=C(Nc1cnc(N2CCN(CC(F)(F)F)CC2)c(Cl)c1)Nc1c[nH]c2ccc(F)cc12. The van der Waals surface area contributed by atoms with Gasteiger partial charge in [0.25, 0.3) is 0 Å². The number of hydrogen-bond donors (Lipinski definition) is 3. The van der Waals surface area contributed by atoms with Gasteiger partial charge in [-0.1, -0.05) is 11.6 Å². The normalized spacial score (nSPS) is 15.2. The molecule has 2 amide bonds.